The molecular formula is C23H17FN4O7. The number of halogens is 1. The van der Waals surface area contributed by atoms with Crippen LogP contribution in [-0.2, 0) is 9.59 Å². The number of hydrogen-bond donors (Lipinski definition) is 2. The molecule has 0 bridgehead atoms. The van der Waals surface area contributed by atoms with E-state index in [9.17, 15) is 28.9 Å². The number of anilines is 1. The van der Waals surface area contributed by atoms with Crippen LogP contribution in [0.1, 0.15) is 15.9 Å². The molecule has 0 spiro atoms. The second-order valence-electron chi connectivity index (χ2n) is 6.71. The van der Waals surface area contributed by atoms with Crippen molar-refractivity contribution in [2.24, 2.45) is 5.10 Å². The summed E-state index contributed by atoms with van der Waals surface area (Å²) in [5.74, 6) is -3.82. The first kappa shape index (κ1) is 24.5. The number of methoxy groups -OCH3 is 1. The Bertz CT molecular complexity index is 1330. The fraction of sp³-hybridized carbons (Fsp3) is 0.0435. The summed E-state index contributed by atoms with van der Waals surface area (Å²) in [6.07, 6.45) is 1.18. The molecule has 11 nitrogen and oxygen atoms in total. The zero-order valence-corrected chi connectivity index (χ0v) is 18.1. The average Bonchev–Trinajstić information content (AvgIpc) is 2.85. The van der Waals surface area contributed by atoms with Gasteiger partial charge in [0.15, 0.2) is 11.5 Å². The molecule has 0 atom stereocenters. The lowest BCUT2D eigenvalue weighted by molar-refractivity contribution is -0.385. The van der Waals surface area contributed by atoms with Gasteiger partial charge in [0.1, 0.15) is 11.4 Å². The summed E-state index contributed by atoms with van der Waals surface area (Å²) in [4.78, 5) is 46.6. The van der Waals surface area contributed by atoms with Crippen LogP contribution in [0.15, 0.2) is 71.8 Å². The lowest BCUT2D eigenvalue weighted by Crippen LogP contribution is -2.32. The maximum atomic E-state index is 13.6. The summed E-state index contributed by atoms with van der Waals surface area (Å²) in [5.41, 5.74) is 1.59. The van der Waals surface area contributed by atoms with Crippen LogP contribution < -0.4 is 20.2 Å². The van der Waals surface area contributed by atoms with Crippen molar-refractivity contribution in [2.75, 3.05) is 12.4 Å². The van der Waals surface area contributed by atoms with Crippen LogP contribution in [0.25, 0.3) is 0 Å². The lowest BCUT2D eigenvalue weighted by Gasteiger charge is -2.10. The van der Waals surface area contributed by atoms with Gasteiger partial charge in [0.2, 0.25) is 0 Å². The molecule has 2 N–H and O–H groups in total. The summed E-state index contributed by atoms with van der Waals surface area (Å²) in [6.45, 7) is 0. The number of nitrogens with one attached hydrogen (secondary N) is 2. The number of amides is 2. The molecular weight excluding hydrogens is 463 g/mol. The number of hydrazone groups is 1. The zero-order valence-electron chi connectivity index (χ0n) is 18.1. The number of carbonyl (C=O) groups excluding carboxylic acids is 3. The summed E-state index contributed by atoms with van der Waals surface area (Å²) < 4.78 is 24.0. The fourth-order valence-corrected chi connectivity index (χ4v) is 2.77. The van der Waals surface area contributed by atoms with Gasteiger partial charge < -0.3 is 14.8 Å². The SMILES string of the molecule is COc1cc(C=NNC(=O)C(=O)Nc2ccccc2F)ccc1OC(=O)c1ccccc1[N+](=O)[O-]. The van der Waals surface area contributed by atoms with E-state index in [1.807, 2.05) is 5.43 Å². The summed E-state index contributed by atoms with van der Waals surface area (Å²) in [7, 11) is 1.31. The Morgan fingerprint density at radius 1 is 1.00 bits per heavy atom. The minimum absolute atomic E-state index is 0.0129. The number of rotatable bonds is 7. The number of nitro benzene ring substituents is 1. The molecule has 0 heterocycles. The molecule has 0 aliphatic carbocycles. The van der Waals surface area contributed by atoms with E-state index in [2.05, 4.69) is 10.4 Å². The molecule has 178 valence electrons. The molecule has 0 aliphatic heterocycles. The third-order valence-electron chi connectivity index (χ3n) is 4.42. The highest BCUT2D eigenvalue weighted by molar-refractivity contribution is 6.39. The van der Waals surface area contributed by atoms with E-state index < -0.39 is 34.2 Å². The Morgan fingerprint density at radius 3 is 2.43 bits per heavy atom. The van der Waals surface area contributed by atoms with Crippen LogP contribution in [0.3, 0.4) is 0 Å². The van der Waals surface area contributed by atoms with E-state index in [0.29, 0.717) is 5.56 Å². The second-order valence-corrected chi connectivity index (χ2v) is 6.71. The van der Waals surface area contributed by atoms with Gasteiger partial charge in [0.25, 0.3) is 5.69 Å². The van der Waals surface area contributed by atoms with Crippen molar-refractivity contribution in [2.45, 2.75) is 0 Å². The van der Waals surface area contributed by atoms with Crippen molar-refractivity contribution >= 4 is 35.4 Å². The van der Waals surface area contributed by atoms with E-state index in [0.717, 1.165) is 6.07 Å². The average molecular weight is 480 g/mol. The smallest absolute Gasteiger partial charge is 0.350 e. The Balaban J connectivity index is 1.65. The largest absolute Gasteiger partial charge is 0.493 e. The van der Waals surface area contributed by atoms with Gasteiger partial charge in [-0.15, -0.1) is 0 Å². The first-order valence-corrected chi connectivity index (χ1v) is 9.82. The highest BCUT2D eigenvalue weighted by Gasteiger charge is 2.22. The summed E-state index contributed by atoms with van der Waals surface area (Å²) in [5, 5.41) is 16.9. The number of carbonyl (C=O) groups is 3. The van der Waals surface area contributed by atoms with E-state index in [1.165, 1.54) is 74.0 Å². The van der Waals surface area contributed by atoms with Gasteiger partial charge in [-0.3, -0.25) is 19.7 Å². The quantitative estimate of drug-likeness (QED) is 0.132. The molecule has 0 saturated carbocycles. The van der Waals surface area contributed by atoms with Gasteiger partial charge >= 0.3 is 17.8 Å². The second kappa shape index (κ2) is 11.1. The Labute approximate surface area is 197 Å². The van der Waals surface area contributed by atoms with Crippen molar-refractivity contribution in [3.63, 3.8) is 0 Å². The number of para-hydroxylation sites is 2. The number of nitrogens with zero attached hydrogens (tertiary/aromatic N) is 2. The standard InChI is InChI=1S/C23H17FN4O7/c1-34-20-12-14(13-25-27-22(30)21(29)26-17-8-4-3-7-16(17)24)10-11-19(20)35-23(31)15-6-2-5-9-18(15)28(32)33/h2-13H,1H3,(H,26,29)(H,27,30). The van der Waals surface area contributed by atoms with Crippen LogP contribution >= 0.6 is 0 Å². The fourth-order valence-electron chi connectivity index (χ4n) is 2.77. The summed E-state index contributed by atoms with van der Waals surface area (Å²) >= 11 is 0. The van der Waals surface area contributed by atoms with Gasteiger partial charge in [-0.25, -0.2) is 14.6 Å². The van der Waals surface area contributed by atoms with E-state index in [1.54, 1.807) is 0 Å². The minimum atomic E-state index is -1.13. The first-order chi connectivity index (χ1) is 16.8. The third kappa shape index (κ3) is 6.22. The maximum Gasteiger partial charge on any atom is 0.350 e. The molecule has 0 aromatic heterocycles. The molecule has 3 rings (SSSR count). The molecule has 0 radical (unpaired) electrons. The molecule has 12 heteroatoms. The Hall–Kier alpha value is -5.13. The molecule has 0 saturated heterocycles. The molecule has 2 amide bonds. The molecule has 0 fully saturated rings. The van der Waals surface area contributed by atoms with Crippen molar-refractivity contribution in [3.8, 4) is 11.5 Å². The predicted molar refractivity (Wildman–Crippen MR) is 122 cm³/mol. The maximum absolute atomic E-state index is 13.6. The lowest BCUT2D eigenvalue weighted by atomic mass is 10.2. The normalized spacial score (nSPS) is 10.5. The van der Waals surface area contributed by atoms with Crippen LogP contribution in [0.4, 0.5) is 15.8 Å². The molecule has 35 heavy (non-hydrogen) atoms. The van der Waals surface area contributed by atoms with Crippen molar-refractivity contribution in [1.82, 2.24) is 5.43 Å². The monoisotopic (exact) mass is 480 g/mol. The van der Waals surface area contributed by atoms with Gasteiger partial charge in [-0.1, -0.05) is 24.3 Å². The van der Waals surface area contributed by atoms with Crippen LogP contribution in [-0.4, -0.2) is 36.0 Å². The highest BCUT2D eigenvalue weighted by Crippen LogP contribution is 2.29. The third-order valence-corrected chi connectivity index (χ3v) is 4.42. The van der Waals surface area contributed by atoms with Gasteiger partial charge in [0.05, 0.1) is 23.9 Å². The van der Waals surface area contributed by atoms with Crippen LogP contribution in [0.2, 0.25) is 0 Å². The van der Waals surface area contributed by atoms with E-state index in [4.69, 9.17) is 9.47 Å². The number of hydrogen-bond acceptors (Lipinski definition) is 8. The number of esters is 1. The van der Waals surface area contributed by atoms with Crippen LogP contribution in [0, 0.1) is 15.9 Å². The van der Waals surface area contributed by atoms with Crippen molar-refractivity contribution in [1.29, 1.82) is 0 Å². The molecule has 0 unspecified atom stereocenters. The van der Waals surface area contributed by atoms with Crippen LogP contribution in [0.5, 0.6) is 11.5 Å². The molecule has 3 aromatic carbocycles. The number of nitro groups is 1. The minimum Gasteiger partial charge on any atom is -0.493 e. The number of ether oxygens (including phenoxy) is 2. The molecule has 3 aromatic rings. The molecule has 0 aliphatic rings. The number of benzene rings is 3. The van der Waals surface area contributed by atoms with Gasteiger partial charge in [0, 0.05) is 6.07 Å². The first-order valence-electron chi connectivity index (χ1n) is 9.82. The van der Waals surface area contributed by atoms with Gasteiger partial charge in [-0.2, -0.15) is 5.10 Å². The zero-order chi connectivity index (χ0) is 25.4. The Kier molecular flexibility index (Phi) is 7.80. The predicted octanol–water partition coefficient (Wildman–Crippen LogP) is 3.05. The highest BCUT2D eigenvalue weighted by atomic mass is 19.1. The Morgan fingerprint density at radius 2 is 1.71 bits per heavy atom. The van der Waals surface area contributed by atoms with Crippen molar-refractivity contribution in [3.05, 3.63) is 93.8 Å². The summed E-state index contributed by atoms with van der Waals surface area (Å²) in [6, 6.07) is 14.9. The topological polar surface area (TPSA) is 149 Å². The van der Waals surface area contributed by atoms with Gasteiger partial charge in [-0.05, 0) is 42.0 Å². The van der Waals surface area contributed by atoms with E-state index >= 15 is 0 Å². The van der Waals surface area contributed by atoms with Crippen molar-refractivity contribution < 1.29 is 33.2 Å². The van der Waals surface area contributed by atoms with E-state index in [-0.39, 0.29) is 22.7 Å².